The number of benzene rings is 1. The molecule has 0 spiro atoms. The van der Waals surface area contributed by atoms with Crippen LogP contribution in [0.1, 0.15) is 28.8 Å². The summed E-state index contributed by atoms with van der Waals surface area (Å²) in [6.45, 7) is 0. The van der Waals surface area contributed by atoms with Crippen molar-refractivity contribution in [3.05, 3.63) is 84.1 Å². The Morgan fingerprint density at radius 1 is 1.00 bits per heavy atom. The Kier molecular flexibility index (Phi) is 5.98. The SMILES string of the molecule is O=C(CCCc1c(-c2ccccn2)[nH]c2ccc(F)cc12)NNC(=O)c1ccncc1. The van der Waals surface area contributed by atoms with Gasteiger partial charge in [-0.2, -0.15) is 0 Å². The second-order valence-corrected chi connectivity index (χ2v) is 6.98. The van der Waals surface area contributed by atoms with Crippen LogP contribution in [0.25, 0.3) is 22.3 Å². The number of halogens is 1. The number of carbonyl (C=O) groups excluding carboxylic acids is 2. The fourth-order valence-electron chi connectivity index (χ4n) is 3.40. The Morgan fingerprint density at radius 2 is 1.84 bits per heavy atom. The third-order valence-electron chi connectivity index (χ3n) is 4.88. The molecular weight excluding hydrogens is 397 g/mol. The van der Waals surface area contributed by atoms with E-state index in [4.69, 9.17) is 0 Å². The lowest BCUT2D eigenvalue weighted by molar-refractivity contribution is -0.121. The summed E-state index contributed by atoms with van der Waals surface area (Å²) >= 11 is 0. The van der Waals surface area contributed by atoms with Crippen LogP contribution in [0.15, 0.2) is 67.1 Å². The average molecular weight is 417 g/mol. The van der Waals surface area contributed by atoms with Crippen molar-refractivity contribution in [1.82, 2.24) is 25.8 Å². The molecular formula is C23H20FN5O2. The number of H-pyrrole nitrogens is 1. The molecule has 0 atom stereocenters. The molecule has 0 aliphatic carbocycles. The predicted molar refractivity (Wildman–Crippen MR) is 114 cm³/mol. The van der Waals surface area contributed by atoms with Crippen LogP contribution < -0.4 is 10.9 Å². The number of fused-ring (bicyclic) bond motifs is 1. The Balaban J connectivity index is 1.42. The lowest BCUT2D eigenvalue weighted by Crippen LogP contribution is -2.41. The fourth-order valence-corrected chi connectivity index (χ4v) is 3.40. The lowest BCUT2D eigenvalue weighted by atomic mass is 10.0. The minimum atomic E-state index is -0.416. The van der Waals surface area contributed by atoms with Gasteiger partial charge in [-0.25, -0.2) is 4.39 Å². The van der Waals surface area contributed by atoms with Gasteiger partial charge in [0.1, 0.15) is 5.82 Å². The molecule has 0 unspecified atom stereocenters. The van der Waals surface area contributed by atoms with Crippen molar-refractivity contribution in [2.24, 2.45) is 0 Å². The molecule has 0 fully saturated rings. The number of hydrazine groups is 1. The maximum atomic E-state index is 13.9. The maximum Gasteiger partial charge on any atom is 0.269 e. The highest BCUT2D eigenvalue weighted by molar-refractivity contribution is 5.95. The Labute approximate surface area is 177 Å². The van der Waals surface area contributed by atoms with Crippen molar-refractivity contribution in [1.29, 1.82) is 0 Å². The number of hydrogen-bond donors (Lipinski definition) is 3. The molecule has 156 valence electrons. The van der Waals surface area contributed by atoms with Gasteiger partial charge in [-0.05, 0) is 60.9 Å². The highest BCUT2D eigenvalue weighted by atomic mass is 19.1. The van der Waals surface area contributed by atoms with E-state index < -0.39 is 5.91 Å². The molecule has 0 saturated heterocycles. The van der Waals surface area contributed by atoms with Gasteiger partial charge in [-0.15, -0.1) is 0 Å². The van der Waals surface area contributed by atoms with Gasteiger partial charge >= 0.3 is 0 Å². The van der Waals surface area contributed by atoms with Gasteiger partial charge in [0, 0.05) is 41.5 Å². The van der Waals surface area contributed by atoms with E-state index in [0.717, 1.165) is 27.9 Å². The van der Waals surface area contributed by atoms with E-state index in [-0.39, 0.29) is 18.1 Å². The van der Waals surface area contributed by atoms with E-state index in [1.165, 1.54) is 24.5 Å². The van der Waals surface area contributed by atoms with Gasteiger partial charge in [0.2, 0.25) is 5.91 Å². The van der Waals surface area contributed by atoms with E-state index in [1.54, 1.807) is 24.4 Å². The second kappa shape index (κ2) is 9.17. The van der Waals surface area contributed by atoms with Crippen LogP contribution in [0.5, 0.6) is 0 Å². The summed E-state index contributed by atoms with van der Waals surface area (Å²) in [4.78, 5) is 35.7. The first-order chi connectivity index (χ1) is 15.1. The van der Waals surface area contributed by atoms with Crippen molar-refractivity contribution in [2.45, 2.75) is 19.3 Å². The molecule has 8 heteroatoms. The van der Waals surface area contributed by atoms with Gasteiger partial charge in [0.15, 0.2) is 0 Å². The zero-order valence-electron chi connectivity index (χ0n) is 16.6. The molecule has 2 amide bonds. The zero-order chi connectivity index (χ0) is 21.6. The van der Waals surface area contributed by atoms with E-state index in [0.29, 0.717) is 18.4 Å². The molecule has 1 aromatic carbocycles. The first kappa shape index (κ1) is 20.2. The number of carbonyl (C=O) groups is 2. The van der Waals surface area contributed by atoms with Crippen LogP contribution in [0.4, 0.5) is 4.39 Å². The van der Waals surface area contributed by atoms with Crippen molar-refractivity contribution >= 4 is 22.7 Å². The molecule has 3 N–H and O–H groups in total. The van der Waals surface area contributed by atoms with Gasteiger partial charge < -0.3 is 4.98 Å². The smallest absolute Gasteiger partial charge is 0.269 e. The molecule has 31 heavy (non-hydrogen) atoms. The molecule has 3 aromatic heterocycles. The summed E-state index contributed by atoms with van der Waals surface area (Å²) in [5.74, 6) is -1.05. The molecule has 0 saturated carbocycles. The molecule has 4 rings (SSSR count). The Bertz CT molecular complexity index is 1210. The minimum Gasteiger partial charge on any atom is -0.353 e. The summed E-state index contributed by atoms with van der Waals surface area (Å²) in [6, 6.07) is 13.3. The van der Waals surface area contributed by atoms with Crippen molar-refractivity contribution in [2.75, 3.05) is 0 Å². The quantitative estimate of drug-likeness (QED) is 0.418. The number of pyridine rings is 2. The van der Waals surface area contributed by atoms with Gasteiger partial charge in [0.05, 0.1) is 11.4 Å². The topological polar surface area (TPSA) is 99.8 Å². The zero-order valence-corrected chi connectivity index (χ0v) is 16.6. The van der Waals surface area contributed by atoms with Crippen molar-refractivity contribution < 1.29 is 14.0 Å². The van der Waals surface area contributed by atoms with Crippen LogP contribution in [0.2, 0.25) is 0 Å². The standard InChI is InChI=1S/C23H20FN5O2/c24-16-7-8-19-18(14-16)17(22(27-19)20-5-1-2-11-26-20)4-3-6-21(30)28-29-23(31)15-9-12-25-13-10-15/h1-2,5,7-14,27H,3-4,6H2,(H,28,30)(H,29,31). The summed E-state index contributed by atoms with van der Waals surface area (Å²) < 4.78 is 13.9. The number of hydrogen-bond acceptors (Lipinski definition) is 4. The Morgan fingerprint density at radius 3 is 2.61 bits per heavy atom. The molecule has 4 aromatic rings. The van der Waals surface area contributed by atoms with Crippen LogP contribution in [-0.2, 0) is 11.2 Å². The van der Waals surface area contributed by atoms with Gasteiger partial charge in [0.25, 0.3) is 5.91 Å². The fraction of sp³-hybridized carbons (Fsp3) is 0.130. The summed E-state index contributed by atoms with van der Waals surface area (Å²) in [7, 11) is 0. The van der Waals surface area contributed by atoms with Crippen LogP contribution in [-0.4, -0.2) is 26.8 Å². The normalized spacial score (nSPS) is 10.7. The number of nitrogens with zero attached hydrogens (tertiary/aromatic N) is 2. The molecule has 0 aliphatic heterocycles. The second-order valence-electron chi connectivity index (χ2n) is 6.98. The first-order valence-electron chi connectivity index (χ1n) is 9.82. The number of amides is 2. The summed E-state index contributed by atoms with van der Waals surface area (Å²) in [6.07, 6.45) is 5.95. The van der Waals surface area contributed by atoms with Crippen molar-refractivity contribution in [3.63, 3.8) is 0 Å². The summed E-state index contributed by atoms with van der Waals surface area (Å²) in [5, 5.41) is 0.770. The average Bonchev–Trinajstić information content (AvgIpc) is 3.16. The summed E-state index contributed by atoms with van der Waals surface area (Å²) in [5.41, 5.74) is 8.48. The van der Waals surface area contributed by atoms with E-state index in [9.17, 15) is 14.0 Å². The van der Waals surface area contributed by atoms with Crippen LogP contribution in [0, 0.1) is 5.82 Å². The molecule has 0 aliphatic rings. The lowest BCUT2D eigenvalue weighted by Gasteiger charge is -2.08. The number of aryl methyl sites for hydroxylation is 1. The van der Waals surface area contributed by atoms with Crippen molar-refractivity contribution in [3.8, 4) is 11.4 Å². The van der Waals surface area contributed by atoms with E-state index in [1.807, 2.05) is 18.2 Å². The third-order valence-corrected chi connectivity index (χ3v) is 4.88. The number of rotatable bonds is 6. The third kappa shape index (κ3) is 4.75. The number of aromatic amines is 1. The molecule has 7 nitrogen and oxygen atoms in total. The first-order valence-corrected chi connectivity index (χ1v) is 9.82. The largest absolute Gasteiger partial charge is 0.353 e. The minimum absolute atomic E-state index is 0.195. The number of aromatic nitrogens is 3. The van der Waals surface area contributed by atoms with E-state index >= 15 is 0 Å². The maximum absolute atomic E-state index is 13.9. The molecule has 3 heterocycles. The molecule has 0 radical (unpaired) electrons. The highest BCUT2D eigenvalue weighted by Gasteiger charge is 2.15. The molecule has 0 bridgehead atoms. The monoisotopic (exact) mass is 417 g/mol. The van der Waals surface area contributed by atoms with Crippen LogP contribution >= 0.6 is 0 Å². The Hall–Kier alpha value is -4.07. The van der Waals surface area contributed by atoms with Gasteiger partial charge in [-0.3, -0.25) is 30.4 Å². The number of nitrogens with one attached hydrogen (secondary N) is 3. The highest BCUT2D eigenvalue weighted by Crippen LogP contribution is 2.31. The predicted octanol–water partition coefficient (Wildman–Crippen LogP) is 3.55. The van der Waals surface area contributed by atoms with Gasteiger partial charge in [-0.1, -0.05) is 6.07 Å². The van der Waals surface area contributed by atoms with E-state index in [2.05, 4.69) is 25.8 Å². The van der Waals surface area contributed by atoms with Crippen LogP contribution in [0.3, 0.4) is 0 Å².